The van der Waals surface area contributed by atoms with Crippen molar-refractivity contribution in [1.29, 1.82) is 0 Å². The average Bonchev–Trinajstić information content (AvgIpc) is 2.81. The van der Waals surface area contributed by atoms with Gasteiger partial charge >= 0.3 is 5.97 Å². The van der Waals surface area contributed by atoms with Gasteiger partial charge in [0.25, 0.3) is 5.89 Å². The van der Waals surface area contributed by atoms with Crippen molar-refractivity contribution in [2.75, 3.05) is 6.26 Å². The molecule has 8 heteroatoms. The van der Waals surface area contributed by atoms with E-state index in [0.717, 1.165) is 6.07 Å². The quantitative estimate of drug-likeness (QED) is 0.931. The number of halogens is 2. The summed E-state index contributed by atoms with van der Waals surface area (Å²) < 4.78 is 31.1. The molecule has 5 nitrogen and oxygen atoms in total. The number of carbonyl (C=O) groups is 1. The van der Waals surface area contributed by atoms with E-state index in [0.29, 0.717) is 17.6 Å². The lowest BCUT2D eigenvalue weighted by atomic mass is 10.1. The number of aromatic carboxylic acids is 1. The first-order valence-corrected chi connectivity index (χ1v) is 6.46. The van der Waals surface area contributed by atoms with Gasteiger partial charge in [-0.3, -0.25) is 0 Å². The maximum Gasteiger partial charge on any atom is 0.336 e. The summed E-state index contributed by atoms with van der Waals surface area (Å²) in [6.07, 6.45) is 1.83. The lowest BCUT2D eigenvalue weighted by molar-refractivity contribution is 0.0696. The number of carboxylic acids is 1. The van der Waals surface area contributed by atoms with Crippen LogP contribution in [0.15, 0.2) is 16.7 Å². The lowest BCUT2D eigenvalue weighted by Crippen LogP contribution is -2.02. The number of hydrogen-bond acceptors (Lipinski definition) is 5. The predicted octanol–water partition coefficient (Wildman–Crippen LogP) is 2.58. The second kappa shape index (κ2) is 5.35. The van der Waals surface area contributed by atoms with Crippen LogP contribution in [0, 0.1) is 11.6 Å². The van der Waals surface area contributed by atoms with Crippen LogP contribution in [0.25, 0.3) is 11.5 Å². The van der Waals surface area contributed by atoms with E-state index in [2.05, 4.69) is 10.1 Å². The maximum absolute atomic E-state index is 13.2. The zero-order valence-corrected chi connectivity index (χ0v) is 10.5. The molecule has 1 aromatic carbocycles. The summed E-state index contributed by atoms with van der Waals surface area (Å²) in [7, 11) is 0. The number of benzene rings is 1. The average molecular weight is 286 g/mol. The van der Waals surface area contributed by atoms with E-state index in [1.165, 1.54) is 11.8 Å². The van der Waals surface area contributed by atoms with Crippen LogP contribution < -0.4 is 0 Å². The third kappa shape index (κ3) is 2.73. The third-order valence-corrected chi connectivity index (χ3v) is 2.81. The highest BCUT2D eigenvalue weighted by Gasteiger charge is 2.20. The van der Waals surface area contributed by atoms with Crippen molar-refractivity contribution in [2.24, 2.45) is 0 Å². The first-order valence-electron chi connectivity index (χ1n) is 5.07. The van der Waals surface area contributed by atoms with Gasteiger partial charge in [-0.25, -0.2) is 13.6 Å². The summed E-state index contributed by atoms with van der Waals surface area (Å²) in [5.41, 5.74) is -0.579. The molecule has 1 heterocycles. The van der Waals surface area contributed by atoms with E-state index in [1.54, 1.807) is 0 Å². The largest absolute Gasteiger partial charge is 0.478 e. The van der Waals surface area contributed by atoms with E-state index < -0.39 is 23.2 Å². The van der Waals surface area contributed by atoms with Gasteiger partial charge in [-0.1, -0.05) is 5.16 Å². The van der Waals surface area contributed by atoms with Gasteiger partial charge in [0.2, 0.25) is 0 Å². The minimum atomic E-state index is -1.40. The second-order valence-corrected chi connectivity index (χ2v) is 4.43. The Bertz CT molecular complexity index is 630. The number of rotatable bonds is 4. The fourth-order valence-corrected chi connectivity index (χ4v) is 1.83. The van der Waals surface area contributed by atoms with Crippen LogP contribution in [0.1, 0.15) is 16.2 Å². The topological polar surface area (TPSA) is 76.2 Å². The Balaban J connectivity index is 2.53. The third-order valence-electron chi connectivity index (χ3n) is 2.26. The molecule has 100 valence electrons. The minimum Gasteiger partial charge on any atom is -0.478 e. The Morgan fingerprint density at radius 3 is 2.74 bits per heavy atom. The van der Waals surface area contributed by atoms with Crippen LogP contribution in [0.5, 0.6) is 0 Å². The van der Waals surface area contributed by atoms with E-state index in [4.69, 9.17) is 9.63 Å². The van der Waals surface area contributed by atoms with Crippen molar-refractivity contribution in [3.63, 3.8) is 0 Å². The molecule has 19 heavy (non-hydrogen) atoms. The molecule has 1 N–H and O–H groups in total. The maximum atomic E-state index is 13.2. The monoisotopic (exact) mass is 286 g/mol. The highest BCUT2D eigenvalue weighted by Crippen LogP contribution is 2.25. The van der Waals surface area contributed by atoms with Crippen molar-refractivity contribution in [2.45, 2.75) is 5.75 Å². The van der Waals surface area contributed by atoms with Crippen molar-refractivity contribution < 1.29 is 23.2 Å². The van der Waals surface area contributed by atoms with Crippen LogP contribution in [-0.4, -0.2) is 27.5 Å². The van der Waals surface area contributed by atoms with E-state index in [-0.39, 0.29) is 11.5 Å². The Morgan fingerprint density at radius 1 is 1.42 bits per heavy atom. The van der Waals surface area contributed by atoms with E-state index in [9.17, 15) is 13.6 Å². The molecule has 0 amide bonds. The summed E-state index contributed by atoms with van der Waals surface area (Å²) in [5, 5.41) is 12.6. The number of hydrogen-bond donors (Lipinski definition) is 1. The SMILES string of the molecule is CSCc1noc(-c2cc(F)c(F)cc2C(=O)O)n1. The summed E-state index contributed by atoms with van der Waals surface area (Å²) in [5.74, 6) is -3.16. The lowest BCUT2D eigenvalue weighted by Gasteiger charge is -2.02. The van der Waals surface area contributed by atoms with Gasteiger partial charge in [0.15, 0.2) is 17.5 Å². The van der Waals surface area contributed by atoms with Crippen molar-refractivity contribution >= 4 is 17.7 Å². The molecule has 0 unspecified atom stereocenters. The molecule has 2 aromatic rings. The second-order valence-electron chi connectivity index (χ2n) is 3.57. The Labute approximate surface area is 110 Å². The normalized spacial score (nSPS) is 10.7. The van der Waals surface area contributed by atoms with Crippen LogP contribution in [0.4, 0.5) is 8.78 Å². The number of carboxylic acid groups (broad SMARTS) is 1. The highest BCUT2D eigenvalue weighted by molar-refractivity contribution is 7.97. The first-order chi connectivity index (χ1) is 9.02. The molecule has 0 atom stereocenters. The smallest absolute Gasteiger partial charge is 0.336 e. The number of aromatic nitrogens is 2. The summed E-state index contributed by atoms with van der Waals surface area (Å²) in [6, 6.07) is 1.32. The van der Waals surface area contributed by atoms with Gasteiger partial charge in [0.05, 0.1) is 16.9 Å². The molecule has 0 aliphatic rings. The first kappa shape index (κ1) is 13.5. The van der Waals surface area contributed by atoms with E-state index >= 15 is 0 Å². The van der Waals surface area contributed by atoms with Crippen LogP contribution in [0.3, 0.4) is 0 Å². The van der Waals surface area contributed by atoms with Gasteiger partial charge in [-0.2, -0.15) is 16.7 Å². The molecule has 0 aliphatic carbocycles. The van der Waals surface area contributed by atoms with Crippen molar-refractivity contribution in [1.82, 2.24) is 10.1 Å². The molecule has 0 spiro atoms. The van der Waals surface area contributed by atoms with Crippen molar-refractivity contribution in [3.05, 3.63) is 35.2 Å². The molecule has 0 radical (unpaired) electrons. The van der Waals surface area contributed by atoms with Crippen LogP contribution >= 0.6 is 11.8 Å². The summed E-state index contributed by atoms with van der Waals surface area (Å²) >= 11 is 1.44. The van der Waals surface area contributed by atoms with E-state index in [1.807, 2.05) is 6.26 Å². The summed E-state index contributed by atoms with van der Waals surface area (Å²) in [4.78, 5) is 14.9. The van der Waals surface area contributed by atoms with Gasteiger partial charge in [0.1, 0.15) is 0 Å². The fourth-order valence-electron chi connectivity index (χ4n) is 1.45. The minimum absolute atomic E-state index is 0.147. The molecule has 2 rings (SSSR count). The van der Waals surface area contributed by atoms with Crippen LogP contribution in [0.2, 0.25) is 0 Å². The zero-order chi connectivity index (χ0) is 14.0. The molecule has 0 aliphatic heterocycles. The highest BCUT2D eigenvalue weighted by atomic mass is 32.2. The standard InChI is InChI=1S/C11H8F2N2O3S/c1-19-4-9-14-10(18-15-9)5-2-7(12)8(13)3-6(5)11(16)17/h2-3H,4H2,1H3,(H,16,17). The molecule has 0 saturated heterocycles. The van der Waals surface area contributed by atoms with Gasteiger partial charge in [-0.15, -0.1) is 0 Å². The van der Waals surface area contributed by atoms with Crippen LogP contribution in [-0.2, 0) is 5.75 Å². The number of thioether (sulfide) groups is 1. The molecule has 1 aromatic heterocycles. The van der Waals surface area contributed by atoms with Gasteiger partial charge in [0, 0.05) is 0 Å². The Morgan fingerprint density at radius 2 is 2.11 bits per heavy atom. The molecule has 0 fully saturated rings. The predicted molar refractivity (Wildman–Crippen MR) is 63.8 cm³/mol. The van der Waals surface area contributed by atoms with Crippen molar-refractivity contribution in [3.8, 4) is 11.5 Å². The Hall–Kier alpha value is -1.96. The Kier molecular flexibility index (Phi) is 3.79. The molecule has 0 bridgehead atoms. The molecular weight excluding hydrogens is 278 g/mol. The molecule has 0 saturated carbocycles. The van der Waals surface area contributed by atoms with Gasteiger partial charge < -0.3 is 9.63 Å². The zero-order valence-electron chi connectivity index (χ0n) is 9.68. The fraction of sp³-hybridized carbons (Fsp3) is 0.182. The number of nitrogens with zero attached hydrogens (tertiary/aromatic N) is 2. The molecular formula is C11H8F2N2O3S. The summed E-state index contributed by atoms with van der Waals surface area (Å²) in [6.45, 7) is 0. The van der Waals surface area contributed by atoms with Gasteiger partial charge in [-0.05, 0) is 18.4 Å².